The molecule has 2 aromatic rings. The molecule has 1 atom stereocenters. The summed E-state index contributed by atoms with van der Waals surface area (Å²) in [5, 5.41) is 6.52. The van der Waals surface area contributed by atoms with E-state index in [0.29, 0.717) is 37.3 Å². The van der Waals surface area contributed by atoms with Gasteiger partial charge in [0.1, 0.15) is 5.82 Å². The number of anilines is 1. The summed E-state index contributed by atoms with van der Waals surface area (Å²) in [6, 6.07) is 5.93. The second-order valence-corrected chi connectivity index (χ2v) is 7.73. The van der Waals surface area contributed by atoms with Gasteiger partial charge in [-0.1, -0.05) is 17.3 Å². The Balaban J connectivity index is 1.32. The topological polar surface area (TPSA) is 80.5 Å². The van der Waals surface area contributed by atoms with Crippen LogP contribution in [0.25, 0.3) is 0 Å². The van der Waals surface area contributed by atoms with Crippen molar-refractivity contribution in [1.29, 1.82) is 0 Å². The van der Waals surface area contributed by atoms with E-state index in [9.17, 15) is 9.18 Å². The van der Waals surface area contributed by atoms with Gasteiger partial charge < -0.3 is 19.5 Å². The first-order valence-corrected chi connectivity index (χ1v) is 9.77. The normalized spacial score (nSPS) is 21.6. The molecule has 2 fully saturated rings. The Morgan fingerprint density at radius 2 is 2.14 bits per heavy atom. The molecule has 1 N–H and O–H groups in total. The van der Waals surface area contributed by atoms with E-state index >= 15 is 0 Å². The molecule has 1 spiro atoms. The number of carbonyl (C=O) groups is 1. The maximum Gasteiger partial charge on any atom is 0.321 e. The Hall–Kier alpha value is -2.48. The first-order chi connectivity index (χ1) is 13.5. The number of aryl methyl sites for hydroxylation is 1. The molecule has 0 aliphatic carbocycles. The number of rotatable bonds is 3. The minimum atomic E-state index is -0.431. The summed E-state index contributed by atoms with van der Waals surface area (Å²) in [5.74, 6) is 1.35. The number of benzene rings is 1. The van der Waals surface area contributed by atoms with Gasteiger partial charge in [-0.3, -0.25) is 0 Å². The van der Waals surface area contributed by atoms with Crippen LogP contribution >= 0.6 is 0 Å². The number of hydrogen-bond donors (Lipinski definition) is 1. The van der Waals surface area contributed by atoms with Gasteiger partial charge in [-0.05, 0) is 50.7 Å². The minimum absolute atomic E-state index is 0.202. The molecule has 2 aliphatic heterocycles. The molecule has 1 aromatic carbocycles. The quantitative estimate of drug-likeness (QED) is 0.870. The highest BCUT2D eigenvalue weighted by atomic mass is 19.1. The molecule has 1 aromatic heterocycles. The smallest absolute Gasteiger partial charge is 0.321 e. The predicted octanol–water partition coefficient (Wildman–Crippen LogP) is 3.55. The van der Waals surface area contributed by atoms with Crippen molar-refractivity contribution in [3.8, 4) is 0 Å². The second-order valence-electron chi connectivity index (χ2n) is 7.73. The van der Waals surface area contributed by atoms with Gasteiger partial charge in [0, 0.05) is 26.1 Å². The lowest BCUT2D eigenvalue weighted by molar-refractivity contribution is -0.123. The van der Waals surface area contributed by atoms with E-state index in [1.165, 1.54) is 6.07 Å². The predicted molar refractivity (Wildman–Crippen MR) is 100 cm³/mol. The highest BCUT2D eigenvalue weighted by Crippen LogP contribution is 2.38. The molecule has 2 saturated heterocycles. The molecular weight excluding hydrogens is 363 g/mol. The zero-order chi connectivity index (χ0) is 19.6. The van der Waals surface area contributed by atoms with E-state index in [4.69, 9.17) is 9.26 Å². The van der Waals surface area contributed by atoms with Crippen LogP contribution in [0.5, 0.6) is 0 Å². The first kappa shape index (κ1) is 18.9. The number of piperidine rings is 1. The zero-order valence-electron chi connectivity index (χ0n) is 16.0. The highest BCUT2D eigenvalue weighted by Gasteiger charge is 2.41. The Morgan fingerprint density at radius 3 is 2.86 bits per heavy atom. The average Bonchev–Trinajstić information content (AvgIpc) is 3.09. The molecule has 150 valence electrons. The van der Waals surface area contributed by atoms with Crippen LogP contribution in [0.2, 0.25) is 0 Å². The van der Waals surface area contributed by atoms with Gasteiger partial charge in [-0.25, -0.2) is 9.18 Å². The molecule has 0 bridgehead atoms. The van der Waals surface area contributed by atoms with Gasteiger partial charge in [0.05, 0.1) is 11.3 Å². The third-order valence-electron chi connectivity index (χ3n) is 5.71. The Morgan fingerprint density at radius 1 is 1.36 bits per heavy atom. The number of halogens is 1. The Labute approximate surface area is 163 Å². The van der Waals surface area contributed by atoms with Gasteiger partial charge >= 0.3 is 6.03 Å². The summed E-state index contributed by atoms with van der Waals surface area (Å²) < 4.78 is 25.2. The van der Waals surface area contributed by atoms with Crippen LogP contribution < -0.4 is 5.32 Å². The number of nitrogens with zero attached hydrogens (tertiary/aromatic N) is 3. The summed E-state index contributed by atoms with van der Waals surface area (Å²) in [4.78, 5) is 18.5. The molecular formula is C20H25FN4O3. The average molecular weight is 388 g/mol. The van der Waals surface area contributed by atoms with Crippen molar-refractivity contribution in [2.24, 2.45) is 5.92 Å². The molecule has 28 heavy (non-hydrogen) atoms. The lowest BCUT2D eigenvalue weighted by Crippen LogP contribution is -2.51. The standard InChI is InChI=1S/C20H25FN4O3/c1-14-22-18(28-24-14)12-15-6-11-27-20(13-15)7-9-25(10-8-20)19(26)23-17-5-3-2-4-16(17)21/h2-5,15H,6-13H2,1H3,(H,23,26). The molecule has 7 nitrogen and oxygen atoms in total. The fourth-order valence-electron chi connectivity index (χ4n) is 4.20. The maximum atomic E-state index is 13.8. The van der Waals surface area contributed by atoms with Crippen molar-refractivity contribution in [3.63, 3.8) is 0 Å². The van der Waals surface area contributed by atoms with E-state index in [1.807, 2.05) is 6.92 Å². The molecule has 3 heterocycles. The summed E-state index contributed by atoms with van der Waals surface area (Å²) >= 11 is 0. The molecule has 0 saturated carbocycles. The van der Waals surface area contributed by atoms with E-state index in [1.54, 1.807) is 23.1 Å². The lowest BCUT2D eigenvalue weighted by Gasteiger charge is -2.46. The summed E-state index contributed by atoms with van der Waals surface area (Å²) in [7, 11) is 0. The van der Waals surface area contributed by atoms with Gasteiger partial charge in [0.2, 0.25) is 5.89 Å². The van der Waals surface area contributed by atoms with Gasteiger partial charge in [-0.15, -0.1) is 0 Å². The number of hydrogen-bond acceptors (Lipinski definition) is 5. The van der Waals surface area contributed by atoms with E-state index in [-0.39, 0.29) is 17.3 Å². The number of ether oxygens (including phenoxy) is 1. The first-order valence-electron chi connectivity index (χ1n) is 9.77. The zero-order valence-corrected chi connectivity index (χ0v) is 16.0. The SMILES string of the molecule is Cc1noc(CC2CCOC3(CCN(C(=O)Nc4ccccc4F)CC3)C2)n1. The number of nitrogens with one attached hydrogen (secondary N) is 1. The van der Waals surface area contributed by atoms with Crippen molar-refractivity contribution < 1.29 is 18.4 Å². The van der Waals surface area contributed by atoms with Crippen LogP contribution in [0.4, 0.5) is 14.9 Å². The van der Waals surface area contributed by atoms with Crippen LogP contribution in [0.3, 0.4) is 0 Å². The van der Waals surface area contributed by atoms with Crippen LogP contribution in [0.15, 0.2) is 28.8 Å². The maximum absolute atomic E-state index is 13.8. The molecule has 1 unspecified atom stereocenters. The second kappa shape index (κ2) is 7.87. The third-order valence-corrected chi connectivity index (χ3v) is 5.71. The third kappa shape index (κ3) is 4.16. The van der Waals surface area contributed by atoms with Crippen LogP contribution in [-0.2, 0) is 11.2 Å². The van der Waals surface area contributed by atoms with Crippen LogP contribution in [-0.4, -0.2) is 46.4 Å². The van der Waals surface area contributed by atoms with Crippen molar-refractivity contribution >= 4 is 11.7 Å². The monoisotopic (exact) mass is 388 g/mol. The van der Waals surface area contributed by atoms with Gasteiger partial charge in [-0.2, -0.15) is 4.98 Å². The molecule has 8 heteroatoms. The number of urea groups is 1. The van der Waals surface area contributed by atoms with Gasteiger partial charge in [0.15, 0.2) is 5.82 Å². The molecule has 0 radical (unpaired) electrons. The van der Waals surface area contributed by atoms with E-state index < -0.39 is 5.82 Å². The van der Waals surface area contributed by atoms with E-state index in [0.717, 1.165) is 32.1 Å². The number of aromatic nitrogens is 2. The fourth-order valence-corrected chi connectivity index (χ4v) is 4.20. The summed E-state index contributed by atoms with van der Waals surface area (Å²) in [6.07, 6.45) is 4.22. The Bertz CT molecular complexity index is 832. The summed E-state index contributed by atoms with van der Waals surface area (Å²) in [6.45, 7) is 3.71. The minimum Gasteiger partial charge on any atom is -0.375 e. The van der Waals surface area contributed by atoms with E-state index in [2.05, 4.69) is 15.5 Å². The lowest BCUT2D eigenvalue weighted by atomic mass is 9.78. The number of likely N-dealkylation sites (tertiary alicyclic amines) is 1. The molecule has 4 rings (SSSR count). The highest BCUT2D eigenvalue weighted by molar-refractivity contribution is 5.89. The summed E-state index contributed by atoms with van der Waals surface area (Å²) in [5.41, 5.74) is 0.00357. The number of para-hydroxylation sites is 1. The molecule has 2 aliphatic rings. The fraction of sp³-hybridized carbons (Fsp3) is 0.550. The van der Waals surface area contributed by atoms with Crippen LogP contribution in [0.1, 0.15) is 37.4 Å². The van der Waals surface area contributed by atoms with Gasteiger partial charge in [0.25, 0.3) is 0 Å². The number of carbonyl (C=O) groups excluding carboxylic acids is 1. The van der Waals surface area contributed by atoms with Crippen molar-refractivity contribution in [2.75, 3.05) is 25.0 Å². The largest absolute Gasteiger partial charge is 0.375 e. The van der Waals surface area contributed by atoms with Crippen molar-refractivity contribution in [2.45, 2.75) is 44.6 Å². The van der Waals surface area contributed by atoms with Crippen molar-refractivity contribution in [3.05, 3.63) is 41.8 Å². The van der Waals surface area contributed by atoms with Crippen LogP contribution in [0, 0.1) is 18.7 Å². The number of amides is 2. The Kier molecular flexibility index (Phi) is 5.30. The molecule has 2 amide bonds. The van der Waals surface area contributed by atoms with Crippen molar-refractivity contribution in [1.82, 2.24) is 15.0 Å².